The standard InChI is InChI=1S/C10H16N6O.C2H6.C2H2/c1-15-4-6-16(7-5-15)10-12-3-2-8(13-10)9(11)14-17;2*1-2/h2-3,17H,4-7H2,1H3,(H2,11,14);1-2H3;1-2H. The van der Waals surface area contributed by atoms with Gasteiger partial charge < -0.3 is 20.7 Å². The minimum atomic E-state index is 0.00257. The van der Waals surface area contributed by atoms with Crippen LogP contribution in [0.1, 0.15) is 19.5 Å². The Balaban J connectivity index is 0.000000921. The van der Waals surface area contributed by atoms with Gasteiger partial charge in [-0.3, -0.25) is 0 Å². The van der Waals surface area contributed by atoms with Crippen LogP contribution in [0, 0.1) is 12.8 Å². The van der Waals surface area contributed by atoms with Crippen molar-refractivity contribution in [3.63, 3.8) is 0 Å². The van der Waals surface area contributed by atoms with E-state index in [4.69, 9.17) is 10.9 Å². The summed E-state index contributed by atoms with van der Waals surface area (Å²) in [7, 11) is 2.09. The van der Waals surface area contributed by atoms with Crippen molar-refractivity contribution in [3.05, 3.63) is 18.0 Å². The Bertz CT molecular complexity index is 452. The second-order valence-electron chi connectivity index (χ2n) is 4.02. The molecule has 1 saturated heterocycles. The maximum Gasteiger partial charge on any atom is 0.226 e. The number of hydrogen-bond donors (Lipinski definition) is 2. The van der Waals surface area contributed by atoms with Crippen LogP contribution in [-0.2, 0) is 0 Å². The highest BCUT2D eigenvalue weighted by Gasteiger charge is 2.16. The quantitative estimate of drug-likeness (QED) is 0.273. The summed E-state index contributed by atoms with van der Waals surface area (Å²) in [5.41, 5.74) is 5.94. The van der Waals surface area contributed by atoms with Crippen molar-refractivity contribution in [1.82, 2.24) is 14.9 Å². The van der Waals surface area contributed by atoms with E-state index >= 15 is 0 Å². The molecule has 0 aliphatic carbocycles. The van der Waals surface area contributed by atoms with Gasteiger partial charge in [0.25, 0.3) is 0 Å². The molecule has 1 aliphatic heterocycles. The molecule has 1 aromatic heterocycles. The Morgan fingerprint density at radius 2 is 1.86 bits per heavy atom. The average molecular weight is 292 g/mol. The summed E-state index contributed by atoms with van der Waals surface area (Å²) >= 11 is 0. The second kappa shape index (κ2) is 10.5. The molecule has 0 bridgehead atoms. The zero-order valence-electron chi connectivity index (χ0n) is 12.9. The third-order valence-corrected chi connectivity index (χ3v) is 2.80. The van der Waals surface area contributed by atoms with Crippen LogP contribution in [0.2, 0.25) is 0 Å². The van der Waals surface area contributed by atoms with Gasteiger partial charge in [0, 0.05) is 32.4 Å². The summed E-state index contributed by atoms with van der Waals surface area (Å²) in [4.78, 5) is 12.8. The molecule has 1 aromatic rings. The largest absolute Gasteiger partial charge is 0.409 e. The highest BCUT2D eigenvalue weighted by Crippen LogP contribution is 2.10. The first-order chi connectivity index (χ1) is 10.2. The molecular formula is C14H24N6O. The lowest BCUT2D eigenvalue weighted by atomic mass is 10.3. The molecule has 0 aromatic carbocycles. The molecule has 1 fully saturated rings. The first kappa shape index (κ1) is 18.7. The predicted molar refractivity (Wildman–Crippen MR) is 85.5 cm³/mol. The molecule has 7 nitrogen and oxygen atoms in total. The molecule has 2 heterocycles. The van der Waals surface area contributed by atoms with Crippen LogP contribution in [0.4, 0.5) is 5.95 Å². The maximum absolute atomic E-state index is 8.61. The molecule has 21 heavy (non-hydrogen) atoms. The predicted octanol–water partition coefficient (Wildman–Crippen LogP) is 0.599. The summed E-state index contributed by atoms with van der Waals surface area (Å²) in [5, 5.41) is 11.5. The Morgan fingerprint density at radius 1 is 1.29 bits per heavy atom. The van der Waals surface area contributed by atoms with Crippen LogP contribution in [0.15, 0.2) is 17.4 Å². The van der Waals surface area contributed by atoms with E-state index in [1.807, 2.05) is 13.8 Å². The molecule has 0 unspecified atom stereocenters. The van der Waals surface area contributed by atoms with Gasteiger partial charge >= 0.3 is 0 Å². The van der Waals surface area contributed by atoms with Gasteiger partial charge in [-0.1, -0.05) is 19.0 Å². The van der Waals surface area contributed by atoms with Gasteiger partial charge in [0.15, 0.2) is 5.84 Å². The molecule has 7 heteroatoms. The van der Waals surface area contributed by atoms with E-state index in [1.54, 1.807) is 12.3 Å². The first-order valence-corrected chi connectivity index (χ1v) is 6.78. The Hall–Kier alpha value is -2.33. The van der Waals surface area contributed by atoms with Crippen LogP contribution in [0.5, 0.6) is 0 Å². The molecule has 0 radical (unpaired) electrons. The fourth-order valence-corrected chi connectivity index (χ4v) is 1.70. The second-order valence-corrected chi connectivity index (χ2v) is 4.02. The lowest BCUT2D eigenvalue weighted by molar-refractivity contribution is 0.311. The normalized spacial score (nSPS) is 15.3. The number of terminal acetylenes is 1. The fourth-order valence-electron chi connectivity index (χ4n) is 1.70. The molecule has 2 rings (SSSR count). The average Bonchev–Trinajstić information content (AvgIpc) is 2.58. The van der Waals surface area contributed by atoms with Gasteiger partial charge in [0.05, 0.1) is 0 Å². The highest BCUT2D eigenvalue weighted by molar-refractivity contribution is 5.95. The molecule has 0 atom stereocenters. The first-order valence-electron chi connectivity index (χ1n) is 6.78. The van der Waals surface area contributed by atoms with Gasteiger partial charge in [-0.2, -0.15) is 0 Å². The van der Waals surface area contributed by atoms with Crippen molar-refractivity contribution in [3.8, 4) is 12.8 Å². The van der Waals surface area contributed by atoms with Crippen molar-refractivity contribution < 1.29 is 5.21 Å². The number of aromatic nitrogens is 2. The van der Waals surface area contributed by atoms with Crippen molar-refractivity contribution in [2.45, 2.75) is 13.8 Å². The molecule has 116 valence electrons. The van der Waals surface area contributed by atoms with Gasteiger partial charge in [-0.05, 0) is 13.1 Å². The van der Waals surface area contributed by atoms with Crippen LogP contribution < -0.4 is 10.6 Å². The third kappa shape index (κ3) is 5.67. The van der Waals surface area contributed by atoms with Crippen LogP contribution in [0.25, 0.3) is 0 Å². The molecule has 1 aliphatic rings. The van der Waals surface area contributed by atoms with E-state index in [2.05, 4.69) is 44.8 Å². The lowest BCUT2D eigenvalue weighted by Crippen LogP contribution is -2.45. The number of anilines is 1. The van der Waals surface area contributed by atoms with Crippen LogP contribution in [-0.4, -0.2) is 59.1 Å². The summed E-state index contributed by atoms with van der Waals surface area (Å²) in [6.07, 6.45) is 9.62. The lowest BCUT2D eigenvalue weighted by Gasteiger charge is -2.32. The van der Waals surface area contributed by atoms with Gasteiger partial charge in [0.2, 0.25) is 5.95 Å². The summed E-state index contributed by atoms with van der Waals surface area (Å²) in [6, 6.07) is 1.62. The zero-order chi connectivity index (χ0) is 16.3. The molecular weight excluding hydrogens is 268 g/mol. The Labute approximate surface area is 126 Å². The fraction of sp³-hybridized carbons (Fsp3) is 0.500. The minimum Gasteiger partial charge on any atom is -0.409 e. The number of oxime groups is 1. The van der Waals surface area contributed by atoms with Crippen LogP contribution >= 0.6 is 0 Å². The van der Waals surface area contributed by atoms with E-state index < -0.39 is 0 Å². The SMILES string of the molecule is C#C.CC.CN1CCN(c2nccc(/C(N)=N/O)n2)CC1. The number of hydrogen-bond acceptors (Lipinski definition) is 6. The third-order valence-electron chi connectivity index (χ3n) is 2.80. The van der Waals surface area contributed by atoms with E-state index in [9.17, 15) is 0 Å². The minimum absolute atomic E-state index is 0.00257. The van der Waals surface area contributed by atoms with Crippen molar-refractivity contribution in [2.75, 3.05) is 38.1 Å². The number of amidine groups is 1. The summed E-state index contributed by atoms with van der Waals surface area (Å²) in [5.74, 6) is 0.630. The van der Waals surface area contributed by atoms with E-state index in [0.717, 1.165) is 26.2 Å². The number of rotatable bonds is 2. The monoisotopic (exact) mass is 292 g/mol. The molecule has 0 saturated carbocycles. The highest BCUT2D eigenvalue weighted by atomic mass is 16.4. The van der Waals surface area contributed by atoms with Crippen LogP contribution in [0.3, 0.4) is 0 Å². The maximum atomic E-state index is 8.61. The van der Waals surface area contributed by atoms with E-state index in [1.165, 1.54) is 0 Å². The Morgan fingerprint density at radius 3 is 2.38 bits per heavy atom. The van der Waals surface area contributed by atoms with E-state index in [0.29, 0.717) is 11.6 Å². The molecule has 0 amide bonds. The topological polar surface area (TPSA) is 90.9 Å². The summed E-state index contributed by atoms with van der Waals surface area (Å²) < 4.78 is 0. The van der Waals surface area contributed by atoms with Gasteiger partial charge in [-0.25, -0.2) is 9.97 Å². The molecule has 3 N–H and O–H groups in total. The smallest absolute Gasteiger partial charge is 0.226 e. The van der Waals surface area contributed by atoms with Crippen molar-refractivity contribution in [1.29, 1.82) is 0 Å². The molecule has 0 spiro atoms. The number of likely N-dealkylation sites (N-methyl/N-ethyl adjacent to an activating group) is 1. The number of piperazine rings is 1. The summed E-state index contributed by atoms with van der Waals surface area (Å²) in [6.45, 7) is 7.74. The number of nitrogens with two attached hydrogens (primary N) is 1. The van der Waals surface area contributed by atoms with Gasteiger partial charge in [-0.15, -0.1) is 12.8 Å². The van der Waals surface area contributed by atoms with Crippen molar-refractivity contribution >= 4 is 11.8 Å². The van der Waals surface area contributed by atoms with E-state index in [-0.39, 0.29) is 5.84 Å². The number of nitrogens with zero attached hydrogens (tertiary/aromatic N) is 5. The zero-order valence-corrected chi connectivity index (χ0v) is 12.9. The van der Waals surface area contributed by atoms with Crippen molar-refractivity contribution in [2.24, 2.45) is 10.9 Å². The Kier molecular flexibility index (Phi) is 9.30. The van der Waals surface area contributed by atoms with Gasteiger partial charge in [0.1, 0.15) is 5.69 Å².